The fourth-order valence-electron chi connectivity index (χ4n) is 2.23. The van der Waals surface area contributed by atoms with Crippen LogP contribution in [0.2, 0.25) is 0 Å². The molecule has 3 rings (SSSR count). The molecule has 4 heteroatoms. The van der Waals surface area contributed by atoms with E-state index >= 15 is 0 Å². The molecule has 0 amide bonds. The third-order valence-electron chi connectivity index (χ3n) is 3.22. The molecule has 1 heterocycles. The molecule has 0 spiro atoms. The summed E-state index contributed by atoms with van der Waals surface area (Å²) in [7, 11) is 1.96. The molecule has 19 heavy (non-hydrogen) atoms. The number of hydrogen-bond donors (Lipinski definition) is 2. The minimum absolute atomic E-state index is 0.111. The summed E-state index contributed by atoms with van der Waals surface area (Å²) >= 11 is 0. The number of nitrogens with one attached hydrogen (secondary N) is 1. The van der Waals surface area contributed by atoms with Crippen LogP contribution in [0.4, 0.5) is 0 Å². The van der Waals surface area contributed by atoms with Crippen molar-refractivity contribution < 1.29 is 9.84 Å². The van der Waals surface area contributed by atoms with Gasteiger partial charge in [-0.1, -0.05) is 42.5 Å². The molecule has 2 aromatic carbocycles. The summed E-state index contributed by atoms with van der Waals surface area (Å²) in [4.78, 5) is 0. The highest BCUT2D eigenvalue weighted by Crippen LogP contribution is 2.33. The van der Waals surface area contributed by atoms with Gasteiger partial charge in [-0.05, 0) is 23.3 Å². The van der Waals surface area contributed by atoms with Crippen LogP contribution in [0.5, 0.6) is 5.75 Å². The molecule has 0 aliphatic carbocycles. The Morgan fingerprint density at radius 2 is 1.68 bits per heavy atom. The van der Waals surface area contributed by atoms with E-state index in [-0.39, 0.29) is 18.2 Å². The van der Waals surface area contributed by atoms with Crippen molar-refractivity contribution in [2.45, 2.75) is 12.5 Å². The number of nitrogens with zero attached hydrogens (tertiary/aromatic N) is 1. The lowest BCUT2D eigenvalue weighted by Gasteiger charge is -2.16. The number of ether oxygens (including phenoxy) is 1. The van der Waals surface area contributed by atoms with Crippen molar-refractivity contribution in [3.8, 4) is 5.75 Å². The Morgan fingerprint density at radius 3 is 2.37 bits per heavy atom. The molecule has 1 saturated heterocycles. The molecule has 2 N–H and O–H groups in total. The van der Waals surface area contributed by atoms with Crippen molar-refractivity contribution in [3.63, 3.8) is 0 Å². The number of hydrazine groups is 1. The quantitative estimate of drug-likeness (QED) is 0.866. The monoisotopic (exact) mass is 256 g/mol. The summed E-state index contributed by atoms with van der Waals surface area (Å²) in [5.41, 5.74) is 5.37. The van der Waals surface area contributed by atoms with Gasteiger partial charge in [-0.3, -0.25) is 0 Å². The van der Waals surface area contributed by atoms with Gasteiger partial charge in [0, 0.05) is 7.05 Å². The van der Waals surface area contributed by atoms with Crippen molar-refractivity contribution in [2.75, 3.05) is 7.05 Å². The van der Waals surface area contributed by atoms with E-state index in [1.165, 1.54) is 0 Å². The first-order chi connectivity index (χ1) is 9.24. The van der Waals surface area contributed by atoms with Crippen molar-refractivity contribution >= 4 is 0 Å². The van der Waals surface area contributed by atoms with E-state index in [2.05, 4.69) is 5.43 Å². The van der Waals surface area contributed by atoms with Crippen LogP contribution in [-0.4, -0.2) is 17.2 Å². The van der Waals surface area contributed by atoms with Crippen LogP contribution in [-0.2, 0) is 4.74 Å². The lowest BCUT2D eigenvalue weighted by molar-refractivity contribution is 0.00558. The van der Waals surface area contributed by atoms with Crippen LogP contribution >= 0.6 is 0 Å². The van der Waals surface area contributed by atoms with Gasteiger partial charge in [0.15, 0.2) is 6.23 Å². The van der Waals surface area contributed by atoms with Crippen LogP contribution in [0.25, 0.3) is 0 Å². The number of hydrogen-bond acceptors (Lipinski definition) is 4. The van der Waals surface area contributed by atoms with Crippen LogP contribution in [0.1, 0.15) is 23.6 Å². The van der Waals surface area contributed by atoms with Gasteiger partial charge in [0.05, 0.1) is 0 Å². The molecule has 1 aliphatic rings. The molecule has 1 aliphatic heterocycles. The molecule has 0 saturated carbocycles. The maximum absolute atomic E-state index is 9.31. The molecule has 98 valence electrons. The minimum Gasteiger partial charge on any atom is -0.508 e. The molecular formula is C15H16N2O2. The summed E-state index contributed by atoms with van der Waals surface area (Å²) in [5, 5.41) is 11.3. The van der Waals surface area contributed by atoms with Crippen LogP contribution in [0.15, 0.2) is 54.6 Å². The fraction of sp³-hybridized carbons (Fsp3) is 0.200. The average Bonchev–Trinajstić information content (AvgIpc) is 2.83. The minimum atomic E-state index is -0.198. The van der Waals surface area contributed by atoms with Crippen LogP contribution in [0.3, 0.4) is 0 Å². The molecule has 1 fully saturated rings. The summed E-state index contributed by atoms with van der Waals surface area (Å²) in [6.45, 7) is 0. The predicted octanol–water partition coefficient (Wildman–Crippen LogP) is 2.56. The summed E-state index contributed by atoms with van der Waals surface area (Å²) < 4.78 is 6.02. The smallest absolute Gasteiger partial charge is 0.151 e. The first-order valence-electron chi connectivity index (χ1n) is 6.22. The fourth-order valence-corrected chi connectivity index (χ4v) is 2.23. The number of aromatic hydroxyl groups is 1. The van der Waals surface area contributed by atoms with E-state index in [4.69, 9.17) is 4.74 Å². The molecule has 2 aromatic rings. The van der Waals surface area contributed by atoms with Gasteiger partial charge in [-0.25, -0.2) is 10.4 Å². The summed E-state index contributed by atoms with van der Waals surface area (Å²) in [5.74, 6) is 0.259. The van der Waals surface area contributed by atoms with E-state index in [1.54, 1.807) is 12.1 Å². The van der Waals surface area contributed by atoms with Crippen molar-refractivity contribution in [1.29, 1.82) is 0 Å². The molecule has 0 radical (unpaired) electrons. The van der Waals surface area contributed by atoms with Gasteiger partial charge in [-0.15, -0.1) is 0 Å². The second kappa shape index (κ2) is 5.01. The normalized spacial score (nSPS) is 23.6. The number of rotatable bonds is 2. The standard InChI is InChI=1S/C15H16N2O2/c1-17-15(12-5-3-2-4-6-12)19-14(16-17)11-7-9-13(18)10-8-11/h2-10,14-16,18H,1H3. The largest absolute Gasteiger partial charge is 0.508 e. The highest BCUT2D eigenvalue weighted by Gasteiger charge is 2.31. The molecule has 2 atom stereocenters. The van der Waals surface area contributed by atoms with Gasteiger partial charge >= 0.3 is 0 Å². The molecule has 2 unspecified atom stereocenters. The van der Waals surface area contributed by atoms with Crippen molar-refractivity contribution in [2.24, 2.45) is 0 Å². The Labute approximate surface area is 112 Å². The van der Waals surface area contributed by atoms with Crippen molar-refractivity contribution in [3.05, 3.63) is 65.7 Å². The van der Waals surface area contributed by atoms with Crippen molar-refractivity contribution in [1.82, 2.24) is 10.4 Å². The van der Waals surface area contributed by atoms with Crippen LogP contribution in [0, 0.1) is 0 Å². The van der Waals surface area contributed by atoms with E-state index in [0.717, 1.165) is 11.1 Å². The summed E-state index contributed by atoms with van der Waals surface area (Å²) in [6.07, 6.45) is -0.309. The second-order valence-electron chi connectivity index (χ2n) is 4.61. The average molecular weight is 256 g/mol. The number of phenols is 1. The topological polar surface area (TPSA) is 44.7 Å². The Bertz CT molecular complexity index is 542. The zero-order valence-electron chi connectivity index (χ0n) is 10.7. The van der Waals surface area contributed by atoms with E-state index in [1.807, 2.05) is 54.5 Å². The highest BCUT2D eigenvalue weighted by molar-refractivity contribution is 5.28. The van der Waals surface area contributed by atoms with Gasteiger partial charge in [0.25, 0.3) is 0 Å². The van der Waals surface area contributed by atoms with Gasteiger partial charge in [0.2, 0.25) is 0 Å². The van der Waals surface area contributed by atoms with E-state index < -0.39 is 0 Å². The molecule has 0 aromatic heterocycles. The lowest BCUT2D eigenvalue weighted by atomic mass is 10.2. The Morgan fingerprint density at radius 1 is 1.00 bits per heavy atom. The molecular weight excluding hydrogens is 240 g/mol. The van der Waals surface area contributed by atoms with Crippen LogP contribution < -0.4 is 5.43 Å². The summed E-state index contributed by atoms with van der Waals surface area (Å²) in [6, 6.07) is 17.1. The van der Waals surface area contributed by atoms with Gasteiger partial charge in [-0.2, -0.15) is 0 Å². The molecule has 4 nitrogen and oxygen atoms in total. The molecule has 0 bridgehead atoms. The highest BCUT2D eigenvalue weighted by atomic mass is 16.6. The third-order valence-corrected chi connectivity index (χ3v) is 3.22. The Hall–Kier alpha value is -1.88. The SMILES string of the molecule is CN1NC(c2ccc(O)cc2)OC1c1ccccc1. The lowest BCUT2D eigenvalue weighted by Crippen LogP contribution is -2.29. The maximum Gasteiger partial charge on any atom is 0.151 e. The zero-order chi connectivity index (χ0) is 13.2. The first kappa shape index (κ1) is 12.2. The third kappa shape index (κ3) is 2.46. The Kier molecular flexibility index (Phi) is 3.21. The van der Waals surface area contributed by atoms with Gasteiger partial charge < -0.3 is 9.84 Å². The maximum atomic E-state index is 9.31. The van der Waals surface area contributed by atoms with E-state index in [9.17, 15) is 5.11 Å². The predicted molar refractivity (Wildman–Crippen MR) is 72.0 cm³/mol. The second-order valence-corrected chi connectivity index (χ2v) is 4.61. The van der Waals surface area contributed by atoms with E-state index in [0.29, 0.717) is 0 Å². The number of benzene rings is 2. The van der Waals surface area contributed by atoms with Gasteiger partial charge in [0.1, 0.15) is 12.0 Å². The zero-order valence-corrected chi connectivity index (χ0v) is 10.7. The number of phenolic OH excluding ortho intramolecular Hbond substituents is 1. The Balaban J connectivity index is 1.80. The first-order valence-corrected chi connectivity index (χ1v) is 6.22.